The van der Waals surface area contributed by atoms with Crippen LogP contribution >= 0.6 is 0 Å². The van der Waals surface area contributed by atoms with E-state index in [1.165, 1.54) is 6.42 Å². The third-order valence-corrected chi connectivity index (χ3v) is 5.42. The number of nitrogens with one attached hydrogen (secondary N) is 1. The third kappa shape index (κ3) is 2.44. The lowest BCUT2D eigenvalue weighted by Crippen LogP contribution is -2.54. The van der Waals surface area contributed by atoms with Crippen LogP contribution < -0.4 is 15.1 Å². The predicted octanol–water partition coefficient (Wildman–Crippen LogP) is 2.67. The van der Waals surface area contributed by atoms with E-state index in [0.29, 0.717) is 18.7 Å². The van der Waals surface area contributed by atoms with Crippen LogP contribution in [-0.2, 0) is 16.1 Å². The van der Waals surface area contributed by atoms with Crippen LogP contribution in [0, 0.1) is 0 Å². The van der Waals surface area contributed by atoms with Gasteiger partial charge in [0.15, 0.2) is 0 Å². The molecule has 6 nitrogen and oxygen atoms in total. The Morgan fingerprint density at radius 3 is 3.00 bits per heavy atom. The highest BCUT2D eigenvalue weighted by Crippen LogP contribution is 2.39. The average Bonchev–Trinajstić information content (AvgIpc) is 2.84. The SMILES string of the molecule is O=CN1Cc2cccnc2Nc2ccc(N3CC4CCC3CO4)cc21. The van der Waals surface area contributed by atoms with E-state index in [1.54, 1.807) is 11.1 Å². The number of pyridine rings is 1. The topological polar surface area (TPSA) is 57.7 Å². The van der Waals surface area contributed by atoms with Crippen LogP contribution in [0.15, 0.2) is 36.5 Å². The Balaban J connectivity index is 1.54. The van der Waals surface area contributed by atoms with E-state index in [1.807, 2.05) is 18.2 Å². The van der Waals surface area contributed by atoms with Crippen molar-refractivity contribution in [3.8, 4) is 0 Å². The largest absolute Gasteiger partial charge is 0.374 e. The highest BCUT2D eigenvalue weighted by atomic mass is 16.5. The number of morpholine rings is 1. The molecule has 4 aliphatic heterocycles. The summed E-state index contributed by atoms with van der Waals surface area (Å²) < 4.78 is 5.82. The molecule has 1 aromatic heterocycles. The van der Waals surface area contributed by atoms with E-state index in [9.17, 15) is 4.79 Å². The van der Waals surface area contributed by atoms with E-state index >= 15 is 0 Å². The second-order valence-corrected chi connectivity index (χ2v) is 6.91. The number of hydrogen-bond acceptors (Lipinski definition) is 5. The van der Waals surface area contributed by atoms with Crippen LogP contribution in [-0.4, -0.2) is 36.7 Å². The molecule has 1 aromatic carbocycles. The summed E-state index contributed by atoms with van der Waals surface area (Å²) in [6.07, 6.45) is 5.32. The zero-order valence-electron chi connectivity index (χ0n) is 13.9. The van der Waals surface area contributed by atoms with Crippen molar-refractivity contribution in [3.05, 3.63) is 42.1 Å². The molecule has 6 heteroatoms. The average molecular weight is 336 g/mol. The van der Waals surface area contributed by atoms with Gasteiger partial charge in [-0.15, -0.1) is 0 Å². The third-order valence-electron chi connectivity index (χ3n) is 5.42. The number of amides is 1. The minimum Gasteiger partial charge on any atom is -0.374 e. The van der Waals surface area contributed by atoms with Gasteiger partial charge in [-0.1, -0.05) is 6.07 Å². The molecular formula is C19H20N4O2. The van der Waals surface area contributed by atoms with Crippen molar-refractivity contribution >= 4 is 29.3 Å². The molecule has 1 N–H and O–H groups in total. The minimum atomic E-state index is 0.331. The number of anilines is 4. The van der Waals surface area contributed by atoms with Gasteiger partial charge in [0.05, 0.1) is 36.7 Å². The van der Waals surface area contributed by atoms with Crippen molar-refractivity contribution in [2.45, 2.75) is 31.5 Å². The summed E-state index contributed by atoms with van der Waals surface area (Å²) in [6, 6.07) is 10.6. The van der Waals surface area contributed by atoms with Gasteiger partial charge in [-0.2, -0.15) is 0 Å². The second kappa shape index (κ2) is 5.74. The summed E-state index contributed by atoms with van der Waals surface area (Å²) in [5, 5.41) is 3.38. The second-order valence-electron chi connectivity index (χ2n) is 6.91. The molecule has 1 amide bonds. The summed E-state index contributed by atoms with van der Waals surface area (Å²) in [6.45, 7) is 2.25. The number of benzene rings is 1. The molecule has 2 atom stereocenters. The number of carbonyl (C=O) groups excluding carboxylic acids is 1. The molecule has 3 fully saturated rings. The van der Waals surface area contributed by atoms with Gasteiger partial charge in [-0.25, -0.2) is 4.98 Å². The maximum absolute atomic E-state index is 11.7. The van der Waals surface area contributed by atoms with E-state index in [2.05, 4.69) is 27.3 Å². The molecule has 0 aliphatic carbocycles. The summed E-state index contributed by atoms with van der Waals surface area (Å²) in [4.78, 5) is 20.3. The predicted molar refractivity (Wildman–Crippen MR) is 96.3 cm³/mol. The zero-order valence-corrected chi connectivity index (χ0v) is 13.9. The van der Waals surface area contributed by atoms with Gasteiger partial charge >= 0.3 is 0 Å². The normalized spacial score (nSPS) is 24.2. The molecule has 0 saturated carbocycles. The lowest BCUT2D eigenvalue weighted by Gasteiger charge is -2.46. The Kier molecular flexibility index (Phi) is 3.38. The van der Waals surface area contributed by atoms with Crippen molar-refractivity contribution < 1.29 is 9.53 Å². The van der Waals surface area contributed by atoms with Crippen molar-refractivity contribution in [2.75, 3.05) is 28.3 Å². The molecule has 3 saturated heterocycles. The monoisotopic (exact) mass is 336 g/mol. The number of piperidine rings is 1. The van der Waals surface area contributed by atoms with Gasteiger partial charge < -0.3 is 19.9 Å². The van der Waals surface area contributed by atoms with E-state index in [4.69, 9.17) is 4.74 Å². The molecule has 2 unspecified atom stereocenters. The molecule has 5 heterocycles. The maximum atomic E-state index is 11.7. The first-order valence-corrected chi connectivity index (χ1v) is 8.77. The lowest BCUT2D eigenvalue weighted by molar-refractivity contribution is -0.107. The number of hydrogen-bond donors (Lipinski definition) is 1. The molecule has 25 heavy (non-hydrogen) atoms. The van der Waals surface area contributed by atoms with Gasteiger partial charge in [-0.3, -0.25) is 4.79 Å². The Bertz CT molecular complexity index is 817. The standard InChI is InChI=1S/C19H20N4O2/c24-12-22-9-13-2-1-7-20-19(13)21-17-6-4-14(8-18(17)22)23-10-16-5-3-15(23)11-25-16/h1-2,4,6-8,12,15-16H,3,5,9-11H2,(H,20,21). The number of fused-ring (bicyclic) bond motifs is 5. The fourth-order valence-electron chi connectivity index (χ4n) is 4.08. The van der Waals surface area contributed by atoms with Crippen LogP contribution in [0.1, 0.15) is 18.4 Å². The van der Waals surface area contributed by atoms with Gasteiger partial charge in [0.25, 0.3) is 0 Å². The molecular weight excluding hydrogens is 316 g/mol. The van der Waals surface area contributed by atoms with Crippen molar-refractivity contribution in [1.29, 1.82) is 0 Å². The zero-order chi connectivity index (χ0) is 16.8. The maximum Gasteiger partial charge on any atom is 0.214 e. The molecule has 2 aromatic rings. The number of carbonyl (C=O) groups is 1. The summed E-state index contributed by atoms with van der Waals surface area (Å²) >= 11 is 0. The quantitative estimate of drug-likeness (QED) is 0.855. The van der Waals surface area contributed by atoms with Crippen LogP contribution in [0.25, 0.3) is 0 Å². The fourth-order valence-corrected chi connectivity index (χ4v) is 4.08. The molecule has 0 radical (unpaired) electrons. The lowest BCUT2D eigenvalue weighted by atomic mass is 9.96. The highest BCUT2D eigenvalue weighted by Gasteiger charge is 2.35. The first kappa shape index (κ1) is 14.7. The number of nitrogens with zero attached hydrogens (tertiary/aromatic N) is 3. The van der Waals surface area contributed by atoms with Gasteiger partial charge in [0.2, 0.25) is 6.41 Å². The number of rotatable bonds is 2. The van der Waals surface area contributed by atoms with E-state index in [-0.39, 0.29) is 0 Å². The first-order chi connectivity index (χ1) is 12.3. The molecule has 0 spiro atoms. The van der Waals surface area contributed by atoms with Crippen LogP contribution in [0.2, 0.25) is 0 Å². The van der Waals surface area contributed by atoms with Gasteiger partial charge in [0.1, 0.15) is 5.82 Å². The molecule has 2 bridgehead atoms. The summed E-state index contributed by atoms with van der Waals surface area (Å²) in [7, 11) is 0. The van der Waals surface area contributed by atoms with Crippen molar-refractivity contribution in [2.24, 2.45) is 0 Å². The first-order valence-electron chi connectivity index (χ1n) is 8.77. The van der Waals surface area contributed by atoms with E-state index < -0.39 is 0 Å². The van der Waals surface area contributed by atoms with Gasteiger partial charge in [0, 0.05) is 24.0 Å². The Morgan fingerprint density at radius 1 is 1.28 bits per heavy atom. The molecule has 6 rings (SSSR count). The Morgan fingerprint density at radius 2 is 2.24 bits per heavy atom. The smallest absolute Gasteiger partial charge is 0.214 e. The Hall–Kier alpha value is -2.60. The van der Waals surface area contributed by atoms with Crippen molar-refractivity contribution in [1.82, 2.24) is 4.98 Å². The van der Waals surface area contributed by atoms with Crippen molar-refractivity contribution in [3.63, 3.8) is 0 Å². The van der Waals surface area contributed by atoms with Crippen LogP contribution in [0.4, 0.5) is 22.9 Å². The summed E-state index contributed by atoms with van der Waals surface area (Å²) in [5.74, 6) is 0.811. The van der Waals surface area contributed by atoms with Gasteiger partial charge in [-0.05, 0) is 37.1 Å². The fraction of sp³-hybridized carbons (Fsp3) is 0.368. The minimum absolute atomic E-state index is 0.331. The number of aromatic nitrogens is 1. The van der Waals surface area contributed by atoms with Crippen LogP contribution in [0.3, 0.4) is 0 Å². The Labute approximate surface area is 146 Å². The molecule has 128 valence electrons. The molecule has 4 aliphatic rings. The number of ether oxygens (including phenoxy) is 1. The highest BCUT2D eigenvalue weighted by molar-refractivity contribution is 5.89. The van der Waals surface area contributed by atoms with Crippen LogP contribution in [0.5, 0.6) is 0 Å². The summed E-state index contributed by atoms with van der Waals surface area (Å²) in [5.41, 5.74) is 3.97. The van der Waals surface area contributed by atoms with E-state index in [0.717, 1.165) is 54.4 Å².